The van der Waals surface area contributed by atoms with Gasteiger partial charge in [-0.3, -0.25) is 9.05 Å². The highest BCUT2D eigenvalue weighted by Gasteiger charge is 2.38. The van der Waals surface area contributed by atoms with E-state index in [0.29, 0.717) is 0 Å². The van der Waals surface area contributed by atoms with Crippen LogP contribution in [0.2, 0.25) is 0 Å². The summed E-state index contributed by atoms with van der Waals surface area (Å²) in [5.41, 5.74) is 0.237. The van der Waals surface area contributed by atoms with Gasteiger partial charge in [0.1, 0.15) is 0 Å². The van der Waals surface area contributed by atoms with E-state index in [9.17, 15) is 14.2 Å². The van der Waals surface area contributed by atoms with E-state index < -0.39 is 19.9 Å². The number of methoxy groups -OCH3 is 1. The zero-order valence-electron chi connectivity index (χ0n) is 11.2. The van der Waals surface area contributed by atoms with Crippen LogP contribution in [0.15, 0.2) is 30.3 Å². The first-order valence-corrected chi connectivity index (χ1v) is 6.94. The molecule has 8 nitrogen and oxygen atoms in total. The number of benzene rings is 1. The quantitative estimate of drug-likeness (QED) is 0.858. The third-order valence-electron chi connectivity index (χ3n) is 2.29. The van der Waals surface area contributed by atoms with E-state index >= 15 is 0 Å². The molecule has 0 spiro atoms. The molecule has 0 atom stereocenters. The third kappa shape index (κ3) is 3.57. The number of nitrogens with one attached hydrogen (secondary N) is 1. The van der Waals surface area contributed by atoms with E-state index in [1.807, 2.05) is 5.32 Å². The van der Waals surface area contributed by atoms with Crippen molar-refractivity contribution < 1.29 is 27.9 Å². The van der Waals surface area contributed by atoms with Gasteiger partial charge in [-0.2, -0.15) is 4.67 Å². The van der Waals surface area contributed by atoms with Crippen LogP contribution < -0.4 is 9.99 Å². The number of rotatable bonds is 4. The molecule has 0 saturated carbocycles. The molecule has 0 fully saturated rings. The molecule has 110 valence electrons. The Morgan fingerprint density at radius 3 is 2.10 bits per heavy atom. The van der Waals surface area contributed by atoms with E-state index in [-0.39, 0.29) is 5.69 Å². The summed E-state index contributed by atoms with van der Waals surface area (Å²) in [5.74, 6) is 0. The fourth-order valence-electron chi connectivity index (χ4n) is 1.37. The van der Waals surface area contributed by atoms with Gasteiger partial charge in [0.2, 0.25) is 0 Å². The zero-order chi connectivity index (χ0) is 15.2. The number of imide groups is 1. The van der Waals surface area contributed by atoms with Crippen molar-refractivity contribution in [1.29, 1.82) is 0 Å². The summed E-state index contributed by atoms with van der Waals surface area (Å²) < 4.78 is 27.0. The van der Waals surface area contributed by atoms with Gasteiger partial charge in [0.25, 0.3) is 0 Å². The van der Waals surface area contributed by atoms with Crippen LogP contribution in [0.1, 0.15) is 0 Å². The third-order valence-corrected chi connectivity index (χ3v) is 4.12. The lowest BCUT2D eigenvalue weighted by molar-refractivity contribution is 0.171. The number of nitrogens with zero attached hydrogens (tertiary/aromatic N) is 1. The van der Waals surface area contributed by atoms with Crippen molar-refractivity contribution in [2.24, 2.45) is 0 Å². The van der Waals surface area contributed by atoms with Crippen LogP contribution in [0.3, 0.4) is 0 Å². The minimum Gasteiger partial charge on any atom is -0.453 e. The van der Waals surface area contributed by atoms with E-state index in [1.54, 1.807) is 18.2 Å². The summed E-state index contributed by atoms with van der Waals surface area (Å²) in [5, 5.41) is 1.90. The zero-order valence-corrected chi connectivity index (χ0v) is 12.1. The Labute approximate surface area is 116 Å². The monoisotopic (exact) mass is 302 g/mol. The second-order valence-corrected chi connectivity index (χ2v) is 5.47. The lowest BCUT2D eigenvalue weighted by atomic mass is 10.3. The van der Waals surface area contributed by atoms with Crippen molar-refractivity contribution >= 4 is 25.6 Å². The van der Waals surface area contributed by atoms with E-state index in [1.165, 1.54) is 12.1 Å². The van der Waals surface area contributed by atoms with Gasteiger partial charge in [-0.1, -0.05) is 18.2 Å². The van der Waals surface area contributed by atoms with Crippen LogP contribution in [0.25, 0.3) is 0 Å². The topological polar surface area (TPSA) is 94.2 Å². The van der Waals surface area contributed by atoms with Crippen molar-refractivity contribution in [3.8, 4) is 0 Å². The Morgan fingerprint density at radius 2 is 1.65 bits per heavy atom. The second-order valence-electron chi connectivity index (χ2n) is 3.40. The van der Waals surface area contributed by atoms with Crippen LogP contribution in [0, 0.1) is 0 Å². The highest BCUT2D eigenvalue weighted by molar-refractivity contribution is 7.56. The van der Waals surface area contributed by atoms with Gasteiger partial charge in [0.05, 0.1) is 12.8 Å². The normalized spacial score (nSPS) is 10.8. The molecule has 0 aliphatic rings. The second kappa shape index (κ2) is 7.04. The van der Waals surface area contributed by atoms with E-state index in [4.69, 9.17) is 9.05 Å². The number of urea groups is 1. The summed E-state index contributed by atoms with van der Waals surface area (Å²) in [6, 6.07) is 7.01. The molecular formula is C11H15N2O6P. The minimum absolute atomic E-state index is 0.237. The number of ether oxygens (including phenoxy) is 1. The number of amides is 3. The first-order valence-electron chi connectivity index (χ1n) is 5.44. The first kappa shape index (κ1) is 16.2. The van der Waals surface area contributed by atoms with Crippen LogP contribution in [-0.2, 0) is 18.3 Å². The molecule has 0 aliphatic heterocycles. The SMILES string of the molecule is COC(=O)NC(=O)N(c1ccccc1)P(=O)(OC)OC. The molecule has 1 rings (SSSR count). The van der Waals surface area contributed by atoms with Crippen molar-refractivity contribution in [2.45, 2.75) is 0 Å². The fraction of sp³-hybridized carbons (Fsp3) is 0.273. The molecule has 0 unspecified atom stereocenters. The van der Waals surface area contributed by atoms with Gasteiger partial charge in [0.15, 0.2) is 0 Å². The minimum atomic E-state index is -3.92. The molecule has 9 heteroatoms. The average molecular weight is 302 g/mol. The van der Waals surface area contributed by atoms with Crippen LogP contribution in [0.4, 0.5) is 15.3 Å². The molecule has 20 heavy (non-hydrogen) atoms. The van der Waals surface area contributed by atoms with Crippen molar-refractivity contribution in [1.82, 2.24) is 5.32 Å². The Balaban J connectivity index is 3.18. The molecule has 3 amide bonds. The molecule has 0 heterocycles. The molecule has 1 aromatic rings. The number of para-hydroxylation sites is 1. The number of carbonyl (C=O) groups is 2. The Kier molecular flexibility index (Phi) is 5.69. The number of anilines is 1. The highest BCUT2D eigenvalue weighted by atomic mass is 31.2. The van der Waals surface area contributed by atoms with Gasteiger partial charge in [-0.05, 0) is 12.1 Å². The lowest BCUT2D eigenvalue weighted by Crippen LogP contribution is -2.41. The predicted molar refractivity (Wildman–Crippen MR) is 71.5 cm³/mol. The molecular weight excluding hydrogens is 287 g/mol. The predicted octanol–water partition coefficient (Wildman–Crippen LogP) is 2.37. The largest absolute Gasteiger partial charge is 0.453 e. The van der Waals surface area contributed by atoms with Crippen LogP contribution in [0.5, 0.6) is 0 Å². The maximum Gasteiger partial charge on any atom is 0.442 e. The summed E-state index contributed by atoms with van der Waals surface area (Å²) in [6.45, 7) is 0. The maximum atomic E-state index is 12.4. The van der Waals surface area contributed by atoms with Crippen molar-refractivity contribution in [3.63, 3.8) is 0 Å². The molecule has 0 aliphatic carbocycles. The summed E-state index contributed by atoms with van der Waals surface area (Å²) in [6.07, 6.45) is -0.991. The number of hydrogen-bond acceptors (Lipinski definition) is 6. The lowest BCUT2D eigenvalue weighted by Gasteiger charge is -2.27. The molecule has 0 radical (unpaired) electrons. The highest BCUT2D eigenvalue weighted by Crippen LogP contribution is 2.52. The van der Waals surface area contributed by atoms with E-state index in [2.05, 4.69) is 4.74 Å². The summed E-state index contributed by atoms with van der Waals surface area (Å²) >= 11 is 0. The van der Waals surface area contributed by atoms with Gasteiger partial charge in [-0.15, -0.1) is 0 Å². The van der Waals surface area contributed by atoms with E-state index in [0.717, 1.165) is 26.0 Å². The Morgan fingerprint density at radius 1 is 1.10 bits per heavy atom. The number of carbonyl (C=O) groups excluding carboxylic acids is 2. The molecule has 0 aromatic heterocycles. The summed E-state index contributed by atoms with van der Waals surface area (Å²) in [4.78, 5) is 23.2. The van der Waals surface area contributed by atoms with Crippen molar-refractivity contribution in [3.05, 3.63) is 30.3 Å². The molecule has 1 aromatic carbocycles. The van der Waals surface area contributed by atoms with Gasteiger partial charge in [-0.25, -0.2) is 19.5 Å². The Bertz CT molecular complexity index is 513. The molecule has 0 saturated heterocycles. The first-order chi connectivity index (χ1) is 9.48. The Hall–Kier alpha value is -1.89. The number of hydrogen-bond donors (Lipinski definition) is 1. The van der Waals surface area contributed by atoms with Crippen LogP contribution >= 0.6 is 7.75 Å². The standard InChI is InChI=1S/C11H15N2O6P/c1-17-11(15)12-10(14)13(20(16,18-2)19-3)9-7-5-4-6-8-9/h4-8H,1-3H3,(H,12,14,15). The number of alkyl carbamates (subject to hydrolysis) is 1. The smallest absolute Gasteiger partial charge is 0.442 e. The maximum absolute atomic E-state index is 12.4. The molecule has 1 N–H and O–H groups in total. The van der Waals surface area contributed by atoms with Crippen molar-refractivity contribution in [2.75, 3.05) is 26.0 Å². The summed E-state index contributed by atoms with van der Waals surface area (Å²) in [7, 11) is -0.562. The van der Waals surface area contributed by atoms with Gasteiger partial charge >= 0.3 is 19.9 Å². The molecule has 0 bridgehead atoms. The fourth-order valence-corrected chi connectivity index (χ4v) is 2.53. The average Bonchev–Trinajstić information content (AvgIpc) is 2.48. The van der Waals surface area contributed by atoms with Gasteiger partial charge < -0.3 is 4.74 Å². The van der Waals surface area contributed by atoms with Gasteiger partial charge in [0, 0.05) is 14.2 Å². The van der Waals surface area contributed by atoms with Crippen LogP contribution in [-0.4, -0.2) is 33.5 Å².